The van der Waals surface area contributed by atoms with Gasteiger partial charge in [-0.05, 0) is 11.6 Å². The second-order valence-electron chi connectivity index (χ2n) is 2.93. The van der Waals surface area contributed by atoms with Crippen LogP contribution < -0.4 is 5.32 Å². The van der Waals surface area contributed by atoms with Crippen LogP contribution in [0, 0.1) is 0 Å². The van der Waals surface area contributed by atoms with E-state index in [4.69, 9.17) is 4.42 Å². The maximum absolute atomic E-state index is 5.08. The minimum absolute atomic E-state index is 0.689. The van der Waals surface area contributed by atoms with E-state index in [1.54, 1.807) is 12.4 Å². The Bertz CT molecular complexity index is 358. The van der Waals surface area contributed by atoms with Gasteiger partial charge in [-0.2, -0.15) is 0 Å². The lowest BCUT2D eigenvalue weighted by Crippen LogP contribution is -2.12. The summed E-state index contributed by atoms with van der Waals surface area (Å²) in [5.41, 5.74) is 1.16. The largest absolute Gasteiger partial charge is 0.447 e. The van der Waals surface area contributed by atoms with Crippen LogP contribution in [0.15, 0.2) is 41.5 Å². The van der Waals surface area contributed by atoms with Crippen LogP contribution >= 0.6 is 0 Å². The normalized spacial score (nSPS) is 10.3. The smallest absolute Gasteiger partial charge is 0.180 e. The number of nitrogens with one attached hydrogen (secondary N) is 1. The van der Waals surface area contributed by atoms with Crippen molar-refractivity contribution < 1.29 is 4.42 Å². The molecule has 2 heterocycles. The summed E-state index contributed by atoms with van der Waals surface area (Å²) in [6.07, 6.45) is 6.74. The lowest BCUT2D eigenvalue weighted by molar-refractivity contribution is 0.479. The van der Waals surface area contributed by atoms with Crippen LogP contribution in [0.1, 0.15) is 11.3 Å². The molecule has 0 fully saturated rings. The summed E-state index contributed by atoms with van der Waals surface area (Å²) in [5.74, 6) is 0.842. The molecular formula is C10H11N3O. The molecule has 0 saturated carbocycles. The fraction of sp³-hybridized carbons (Fsp3) is 0.200. The van der Waals surface area contributed by atoms with E-state index < -0.39 is 0 Å². The van der Waals surface area contributed by atoms with Crippen molar-refractivity contribution in [3.63, 3.8) is 0 Å². The van der Waals surface area contributed by atoms with Gasteiger partial charge in [0.25, 0.3) is 0 Å². The summed E-state index contributed by atoms with van der Waals surface area (Å²) in [5, 5.41) is 3.23. The highest BCUT2D eigenvalue weighted by molar-refractivity contribution is 5.07. The van der Waals surface area contributed by atoms with Gasteiger partial charge in [0, 0.05) is 18.9 Å². The molecule has 2 rings (SSSR count). The van der Waals surface area contributed by atoms with Crippen LogP contribution in [0.5, 0.6) is 0 Å². The Kier molecular flexibility index (Phi) is 2.88. The van der Waals surface area contributed by atoms with Gasteiger partial charge in [0.2, 0.25) is 0 Å². The third-order valence-corrected chi connectivity index (χ3v) is 1.83. The first kappa shape index (κ1) is 8.90. The van der Waals surface area contributed by atoms with Crippen molar-refractivity contribution in [1.82, 2.24) is 15.3 Å². The molecule has 0 aliphatic carbocycles. The quantitative estimate of drug-likeness (QED) is 0.789. The van der Waals surface area contributed by atoms with Crippen LogP contribution in [0.25, 0.3) is 0 Å². The van der Waals surface area contributed by atoms with Crippen LogP contribution in [0.4, 0.5) is 0 Å². The van der Waals surface area contributed by atoms with Gasteiger partial charge in [0.15, 0.2) is 6.39 Å². The van der Waals surface area contributed by atoms with Crippen molar-refractivity contribution in [2.24, 2.45) is 0 Å². The van der Waals surface area contributed by atoms with Gasteiger partial charge < -0.3 is 9.73 Å². The highest BCUT2D eigenvalue weighted by Gasteiger charge is 1.95. The number of hydrogen-bond acceptors (Lipinski definition) is 4. The molecule has 1 N–H and O–H groups in total. The summed E-state index contributed by atoms with van der Waals surface area (Å²) in [7, 11) is 0. The van der Waals surface area contributed by atoms with E-state index >= 15 is 0 Å². The van der Waals surface area contributed by atoms with E-state index in [1.807, 2.05) is 18.3 Å². The Hall–Kier alpha value is -1.68. The van der Waals surface area contributed by atoms with Crippen LogP contribution in [-0.4, -0.2) is 9.97 Å². The topological polar surface area (TPSA) is 51.0 Å². The third-order valence-electron chi connectivity index (χ3n) is 1.83. The molecule has 0 aliphatic heterocycles. The lowest BCUT2D eigenvalue weighted by atomic mass is 10.3. The number of aromatic nitrogens is 2. The first-order valence-corrected chi connectivity index (χ1v) is 4.42. The predicted molar refractivity (Wildman–Crippen MR) is 51.3 cm³/mol. The number of pyridine rings is 1. The highest BCUT2D eigenvalue weighted by Crippen LogP contribution is 1.98. The molecule has 2 aromatic rings. The summed E-state index contributed by atoms with van der Waals surface area (Å²) >= 11 is 0. The zero-order chi connectivity index (χ0) is 9.64. The van der Waals surface area contributed by atoms with Crippen molar-refractivity contribution >= 4 is 0 Å². The molecule has 0 saturated heterocycles. The fourth-order valence-corrected chi connectivity index (χ4v) is 1.16. The second kappa shape index (κ2) is 4.53. The van der Waals surface area contributed by atoms with Gasteiger partial charge >= 0.3 is 0 Å². The summed E-state index contributed by atoms with van der Waals surface area (Å²) < 4.78 is 5.08. The van der Waals surface area contributed by atoms with Crippen molar-refractivity contribution in [1.29, 1.82) is 0 Å². The molecule has 0 aliphatic rings. The SMILES string of the molecule is c1cncc(CNCc2cnco2)c1. The monoisotopic (exact) mass is 189 g/mol. The lowest BCUT2D eigenvalue weighted by Gasteiger charge is -2.01. The fourth-order valence-electron chi connectivity index (χ4n) is 1.16. The molecule has 4 heteroatoms. The average molecular weight is 189 g/mol. The maximum Gasteiger partial charge on any atom is 0.180 e. The van der Waals surface area contributed by atoms with E-state index in [0.717, 1.165) is 17.9 Å². The van der Waals surface area contributed by atoms with Crippen molar-refractivity contribution in [2.75, 3.05) is 0 Å². The maximum atomic E-state index is 5.08. The Balaban J connectivity index is 1.79. The first-order valence-electron chi connectivity index (χ1n) is 4.42. The average Bonchev–Trinajstić information content (AvgIpc) is 2.72. The van der Waals surface area contributed by atoms with E-state index in [-0.39, 0.29) is 0 Å². The van der Waals surface area contributed by atoms with Gasteiger partial charge in [-0.3, -0.25) is 4.98 Å². The van der Waals surface area contributed by atoms with E-state index in [2.05, 4.69) is 15.3 Å². The molecule has 72 valence electrons. The number of nitrogens with zero attached hydrogens (tertiary/aromatic N) is 2. The molecular weight excluding hydrogens is 178 g/mol. The Morgan fingerprint density at radius 1 is 1.21 bits per heavy atom. The summed E-state index contributed by atoms with van der Waals surface area (Å²) in [6.45, 7) is 1.48. The van der Waals surface area contributed by atoms with Crippen molar-refractivity contribution in [3.8, 4) is 0 Å². The molecule has 0 unspecified atom stereocenters. The number of hydrogen-bond donors (Lipinski definition) is 1. The summed E-state index contributed by atoms with van der Waals surface area (Å²) in [4.78, 5) is 7.85. The molecule has 0 radical (unpaired) electrons. The summed E-state index contributed by atoms with van der Waals surface area (Å²) in [6, 6.07) is 3.95. The standard InChI is InChI=1S/C10H11N3O/c1-2-9(4-11-3-1)5-12-6-10-7-13-8-14-10/h1-4,7-8,12H,5-6H2. The third kappa shape index (κ3) is 2.40. The molecule has 4 nitrogen and oxygen atoms in total. The number of rotatable bonds is 4. The molecule has 2 aromatic heterocycles. The Morgan fingerprint density at radius 3 is 2.93 bits per heavy atom. The highest BCUT2D eigenvalue weighted by atomic mass is 16.3. The molecule has 0 bridgehead atoms. The number of oxazole rings is 1. The van der Waals surface area contributed by atoms with Crippen molar-refractivity contribution in [2.45, 2.75) is 13.1 Å². The molecule has 0 aromatic carbocycles. The van der Waals surface area contributed by atoms with Gasteiger partial charge in [-0.25, -0.2) is 4.98 Å². The molecule has 14 heavy (non-hydrogen) atoms. The van der Waals surface area contributed by atoms with Crippen LogP contribution in [0.2, 0.25) is 0 Å². The van der Waals surface area contributed by atoms with Crippen molar-refractivity contribution in [3.05, 3.63) is 48.4 Å². The minimum Gasteiger partial charge on any atom is -0.447 e. The molecule has 0 amide bonds. The molecule has 0 atom stereocenters. The minimum atomic E-state index is 0.689. The second-order valence-corrected chi connectivity index (χ2v) is 2.93. The van der Waals surface area contributed by atoms with Crippen LogP contribution in [-0.2, 0) is 13.1 Å². The van der Waals surface area contributed by atoms with Gasteiger partial charge in [-0.1, -0.05) is 6.07 Å². The van der Waals surface area contributed by atoms with Gasteiger partial charge in [-0.15, -0.1) is 0 Å². The Morgan fingerprint density at radius 2 is 2.21 bits per heavy atom. The van der Waals surface area contributed by atoms with Gasteiger partial charge in [0.1, 0.15) is 5.76 Å². The first-order chi connectivity index (χ1) is 6.95. The molecule has 0 spiro atoms. The Labute approximate surface area is 82.0 Å². The van der Waals surface area contributed by atoms with E-state index in [9.17, 15) is 0 Å². The zero-order valence-corrected chi connectivity index (χ0v) is 7.68. The zero-order valence-electron chi connectivity index (χ0n) is 7.68. The van der Waals surface area contributed by atoms with Gasteiger partial charge in [0.05, 0.1) is 12.7 Å². The van der Waals surface area contributed by atoms with Crippen LogP contribution in [0.3, 0.4) is 0 Å². The van der Waals surface area contributed by atoms with E-state index in [1.165, 1.54) is 6.39 Å². The van der Waals surface area contributed by atoms with E-state index in [0.29, 0.717) is 6.54 Å². The predicted octanol–water partition coefficient (Wildman–Crippen LogP) is 1.36.